The fraction of sp³-hybridized carbons (Fsp3) is 0.625. The highest BCUT2D eigenvalue weighted by Gasteiger charge is 2.34. The lowest BCUT2D eigenvalue weighted by Crippen LogP contribution is -2.43. The summed E-state index contributed by atoms with van der Waals surface area (Å²) in [6.07, 6.45) is 0.839. The maximum absolute atomic E-state index is 13.9. The van der Waals surface area contributed by atoms with Crippen molar-refractivity contribution in [1.29, 1.82) is 0 Å². The number of halogens is 1. The Morgan fingerprint density at radius 3 is 2.45 bits per heavy atom. The third-order valence-electron chi connectivity index (χ3n) is 3.70. The van der Waals surface area contributed by atoms with E-state index in [9.17, 15) is 4.39 Å². The highest BCUT2D eigenvalue weighted by atomic mass is 19.1. The Kier molecular flexibility index (Phi) is 6.43. The number of rotatable bonds is 8. The molecule has 1 aromatic carbocycles. The summed E-state index contributed by atoms with van der Waals surface area (Å²) in [5, 5.41) is 3.41. The molecule has 0 aliphatic carbocycles. The van der Waals surface area contributed by atoms with E-state index < -0.39 is 0 Å². The van der Waals surface area contributed by atoms with Gasteiger partial charge in [0.2, 0.25) is 0 Å². The zero-order chi connectivity index (χ0) is 15.2. The first-order chi connectivity index (χ1) is 9.52. The van der Waals surface area contributed by atoms with Gasteiger partial charge in [-0.1, -0.05) is 19.9 Å². The van der Waals surface area contributed by atoms with Crippen LogP contribution < -0.4 is 10.1 Å². The Bertz CT molecular complexity index is 425. The molecule has 3 nitrogen and oxygen atoms in total. The van der Waals surface area contributed by atoms with Gasteiger partial charge in [0, 0.05) is 6.61 Å². The smallest absolute Gasteiger partial charge is 0.165 e. The van der Waals surface area contributed by atoms with Gasteiger partial charge in [-0.3, -0.25) is 0 Å². The third-order valence-corrected chi connectivity index (χ3v) is 3.70. The van der Waals surface area contributed by atoms with E-state index in [1.807, 2.05) is 19.9 Å². The minimum absolute atomic E-state index is 0.0575. The molecule has 0 spiro atoms. The van der Waals surface area contributed by atoms with Crippen molar-refractivity contribution in [3.05, 3.63) is 29.6 Å². The third kappa shape index (κ3) is 3.70. The summed E-state index contributed by atoms with van der Waals surface area (Å²) in [5.74, 6) is -0.0820. The van der Waals surface area contributed by atoms with Gasteiger partial charge in [-0.2, -0.15) is 0 Å². The summed E-state index contributed by atoms with van der Waals surface area (Å²) in [5.41, 5.74) is 0.508. The van der Waals surface area contributed by atoms with Gasteiger partial charge >= 0.3 is 0 Å². The molecule has 0 heterocycles. The maximum atomic E-state index is 13.9. The van der Waals surface area contributed by atoms with Gasteiger partial charge in [0.05, 0.1) is 18.8 Å². The Hall–Kier alpha value is -1.13. The molecule has 0 amide bonds. The van der Waals surface area contributed by atoms with Crippen molar-refractivity contribution in [2.24, 2.45) is 0 Å². The second-order valence-electron chi connectivity index (χ2n) is 4.98. The first-order valence-electron chi connectivity index (χ1n) is 7.23. The second-order valence-corrected chi connectivity index (χ2v) is 4.98. The van der Waals surface area contributed by atoms with E-state index in [2.05, 4.69) is 19.2 Å². The number of hydrogen-bond donors (Lipinski definition) is 1. The molecule has 0 fully saturated rings. The zero-order valence-corrected chi connectivity index (χ0v) is 13.1. The molecule has 1 N–H and O–H groups in total. The molecule has 0 saturated carbocycles. The lowest BCUT2D eigenvalue weighted by Gasteiger charge is -2.37. The van der Waals surface area contributed by atoms with Crippen LogP contribution in [0.25, 0.3) is 0 Å². The van der Waals surface area contributed by atoms with Crippen molar-refractivity contribution in [2.45, 2.75) is 45.8 Å². The van der Waals surface area contributed by atoms with Gasteiger partial charge in [-0.05, 0) is 44.5 Å². The zero-order valence-electron chi connectivity index (χ0n) is 13.1. The van der Waals surface area contributed by atoms with Crippen molar-refractivity contribution >= 4 is 0 Å². The van der Waals surface area contributed by atoms with Gasteiger partial charge in [0.1, 0.15) is 0 Å². The second kappa shape index (κ2) is 7.60. The highest BCUT2D eigenvalue weighted by Crippen LogP contribution is 2.33. The number of likely N-dealkylation sites (N-methyl/N-ethyl adjacent to an activating group) is 1. The lowest BCUT2D eigenvalue weighted by molar-refractivity contribution is -0.0560. The predicted octanol–water partition coefficient (Wildman–Crippen LogP) is 3.69. The molecule has 0 aliphatic heterocycles. The van der Waals surface area contributed by atoms with Crippen LogP contribution in [-0.2, 0) is 4.74 Å². The molecular formula is C16H26FNO2. The largest absolute Gasteiger partial charge is 0.494 e. The van der Waals surface area contributed by atoms with Crippen LogP contribution in [-0.4, -0.2) is 25.9 Å². The van der Waals surface area contributed by atoms with E-state index in [-0.39, 0.29) is 23.2 Å². The minimum atomic E-state index is -0.369. The summed E-state index contributed by atoms with van der Waals surface area (Å²) in [7, 11) is 1.47. The molecule has 4 heteroatoms. The van der Waals surface area contributed by atoms with E-state index in [1.165, 1.54) is 13.2 Å². The van der Waals surface area contributed by atoms with Gasteiger partial charge in [-0.15, -0.1) is 0 Å². The molecule has 0 saturated heterocycles. The van der Waals surface area contributed by atoms with Crippen molar-refractivity contribution in [2.75, 3.05) is 20.3 Å². The monoisotopic (exact) mass is 283 g/mol. The predicted molar refractivity (Wildman–Crippen MR) is 79.7 cm³/mol. The fourth-order valence-electron chi connectivity index (χ4n) is 2.47. The Morgan fingerprint density at radius 1 is 1.30 bits per heavy atom. The molecule has 0 aliphatic rings. The Morgan fingerprint density at radius 2 is 2.00 bits per heavy atom. The van der Waals surface area contributed by atoms with E-state index >= 15 is 0 Å². The molecule has 1 rings (SSSR count). The summed E-state index contributed by atoms with van der Waals surface area (Å²) in [6.45, 7) is 9.58. The van der Waals surface area contributed by atoms with Gasteiger partial charge in [-0.25, -0.2) is 4.39 Å². The summed E-state index contributed by atoms with van der Waals surface area (Å²) in [4.78, 5) is 0. The highest BCUT2D eigenvalue weighted by molar-refractivity contribution is 5.32. The molecule has 2 unspecified atom stereocenters. The average Bonchev–Trinajstić information content (AvgIpc) is 2.44. The molecule has 0 aromatic heterocycles. The van der Waals surface area contributed by atoms with Crippen molar-refractivity contribution in [1.82, 2.24) is 5.32 Å². The first kappa shape index (κ1) is 16.9. The van der Waals surface area contributed by atoms with Crippen LogP contribution in [0.5, 0.6) is 5.75 Å². The number of methoxy groups -OCH3 is 1. The van der Waals surface area contributed by atoms with Crippen LogP contribution in [0.1, 0.15) is 45.7 Å². The SMILES string of the molecule is CCNC(c1ccc(OC)c(F)c1)C(C)(CC)OCC. The number of benzene rings is 1. The fourth-order valence-corrected chi connectivity index (χ4v) is 2.47. The van der Waals surface area contributed by atoms with Gasteiger partial charge < -0.3 is 14.8 Å². The lowest BCUT2D eigenvalue weighted by atomic mass is 9.87. The summed E-state index contributed by atoms with van der Waals surface area (Å²) < 4.78 is 24.8. The molecule has 1 aromatic rings. The molecule has 0 radical (unpaired) electrons. The molecule has 20 heavy (non-hydrogen) atoms. The Balaban J connectivity index is 3.15. The normalized spacial score (nSPS) is 15.7. The molecule has 0 bridgehead atoms. The molecule has 114 valence electrons. The van der Waals surface area contributed by atoms with Crippen LogP contribution in [0.2, 0.25) is 0 Å². The van der Waals surface area contributed by atoms with Crippen molar-refractivity contribution < 1.29 is 13.9 Å². The van der Waals surface area contributed by atoms with E-state index in [4.69, 9.17) is 9.47 Å². The standard InChI is InChI=1S/C16H26FNO2/c1-6-16(4,20-8-3)15(18-7-2)12-9-10-14(19-5)13(17)11-12/h9-11,15,18H,6-8H2,1-5H3. The maximum Gasteiger partial charge on any atom is 0.165 e. The number of nitrogens with one attached hydrogen (secondary N) is 1. The first-order valence-corrected chi connectivity index (χ1v) is 7.23. The molecule has 2 atom stereocenters. The van der Waals surface area contributed by atoms with Gasteiger partial charge in [0.15, 0.2) is 11.6 Å². The topological polar surface area (TPSA) is 30.5 Å². The van der Waals surface area contributed by atoms with Gasteiger partial charge in [0.25, 0.3) is 0 Å². The van der Waals surface area contributed by atoms with Crippen LogP contribution in [0.3, 0.4) is 0 Å². The van der Waals surface area contributed by atoms with E-state index in [0.717, 1.165) is 18.5 Å². The van der Waals surface area contributed by atoms with Crippen molar-refractivity contribution in [3.63, 3.8) is 0 Å². The minimum Gasteiger partial charge on any atom is -0.494 e. The van der Waals surface area contributed by atoms with E-state index in [0.29, 0.717) is 6.61 Å². The van der Waals surface area contributed by atoms with Crippen LogP contribution in [0.15, 0.2) is 18.2 Å². The number of ether oxygens (including phenoxy) is 2. The van der Waals surface area contributed by atoms with E-state index in [1.54, 1.807) is 6.07 Å². The molecular weight excluding hydrogens is 257 g/mol. The van der Waals surface area contributed by atoms with Crippen LogP contribution in [0.4, 0.5) is 4.39 Å². The van der Waals surface area contributed by atoms with Crippen LogP contribution in [0, 0.1) is 5.82 Å². The van der Waals surface area contributed by atoms with Crippen molar-refractivity contribution in [3.8, 4) is 5.75 Å². The van der Waals surface area contributed by atoms with Crippen LogP contribution >= 0.6 is 0 Å². The average molecular weight is 283 g/mol. The quantitative estimate of drug-likeness (QED) is 0.789. The Labute approximate surface area is 121 Å². The summed E-state index contributed by atoms with van der Waals surface area (Å²) >= 11 is 0. The number of hydrogen-bond acceptors (Lipinski definition) is 3. The summed E-state index contributed by atoms with van der Waals surface area (Å²) in [6, 6.07) is 5.02.